The van der Waals surface area contributed by atoms with E-state index in [4.69, 9.17) is 4.74 Å². The Hall–Kier alpha value is -2.26. The molecule has 0 aliphatic rings. The van der Waals surface area contributed by atoms with Crippen LogP contribution in [-0.2, 0) is 13.2 Å². The van der Waals surface area contributed by atoms with Crippen LogP contribution in [0.1, 0.15) is 10.4 Å². The van der Waals surface area contributed by atoms with Crippen LogP contribution in [0.3, 0.4) is 0 Å². The predicted molar refractivity (Wildman–Crippen MR) is 88.9 cm³/mol. The molecule has 1 heterocycles. The zero-order valence-electron chi connectivity index (χ0n) is 11.7. The third-order valence-electron chi connectivity index (χ3n) is 3.15. The van der Waals surface area contributed by atoms with Gasteiger partial charge in [-0.25, -0.2) is 0 Å². The number of nitrogens with one attached hydrogen (secondary N) is 1. The molecule has 3 rings (SSSR count). The van der Waals surface area contributed by atoms with Crippen LogP contribution in [0.2, 0.25) is 0 Å². The van der Waals surface area contributed by atoms with E-state index in [9.17, 15) is 0 Å². The monoisotopic (exact) mass is 295 g/mol. The first-order valence-electron chi connectivity index (χ1n) is 6.93. The summed E-state index contributed by atoms with van der Waals surface area (Å²) in [6.07, 6.45) is 0. The Morgan fingerprint density at radius 3 is 2.38 bits per heavy atom. The maximum atomic E-state index is 5.77. The fourth-order valence-electron chi connectivity index (χ4n) is 2.01. The maximum Gasteiger partial charge on any atom is 0.119 e. The lowest BCUT2D eigenvalue weighted by Crippen LogP contribution is -1.98. The Bertz CT molecular complexity index is 647. The molecule has 1 aromatic heterocycles. The van der Waals surface area contributed by atoms with Gasteiger partial charge in [0, 0.05) is 17.1 Å². The predicted octanol–water partition coefficient (Wildman–Crippen LogP) is 4.94. The average molecular weight is 295 g/mol. The van der Waals surface area contributed by atoms with E-state index in [1.807, 2.05) is 42.5 Å². The number of benzene rings is 2. The van der Waals surface area contributed by atoms with Gasteiger partial charge in [0.25, 0.3) is 0 Å². The summed E-state index contributed by atoms with van der Waals surface area (Å²) in [6.45, 7) is 1.46. The minimum atomic E-state index is 0.600. The summed E-state index contributed by atoms with van der Waals surface area (Å²) in [4.78, 5) is 1.33. The summed E-state index contributed by atoms with van der Waals surface area (Å²) >= 11 is 1.76. The lowest BCUT2D eigenvalue weighted by molar-refractivity contribution is 0.306. The van der Waals surface area contributed by atoms with Gasteiger partial charge < -0.3 is 10.1 Å². The minimum Gasteiger partial charge on any atom is -0.489 e. The number of ether oxygens (including phenoxy) is 1. The molecular weight excluding hydrogens is 278 g/mol. The van der Waals surface area contributed by atoms with Crippen molar-refractivity contribution in [3.05, 3.63) is 82.6 Å². The summed E-state index contributed by atoms with van der Waals surface area (Å²) in [5.41, 5.74) is 2.29. The summed E-state index contributed by atoms with van der Waals surface area (Å²) in [5.74, 6) is 0.889. The molecule has 0 bridgehead atoms. The first-order valence-corrected chi connectivity index (χ1v) is 7.81. The molecule has 1 N–H and O–H groups in total. The van der Waals surface area contributed by atoms with E-state index in [-0.39, 0.29) is 0 Å². The molecule has 0 saturated heterocycles. The van der Waals surface area contributed by atoms with E-state index in [1.54, 1.807) is 11.3 Å². The highest BCUT2D eigenvalue weighted by molar-refractivity contribution is 7.09. The van der Waals surface area contributed by atoms with Crippen molar-refractivity contribution in [3.63, 3.8) is 0 Å². The van der Waals surface area contributed by atoms with Gasteiger partial charge in [0.2, 0.25) is 0 Å². The van der Waals surface area contributed by atoms with Gasteiger partial charge in [0.15, 0.2) is 0 Å². The Kier molecular flexibility index (Phi) is 4.54. The molecule has 0 fully saturated rings. The van der Waals surface area contributed by atoms with E-state index in [0.29, 0.717) is 6.61 Å². The van der Waals surface area contributed by atoms with Crippen LogP contribution in [0.5, 0.6) is 5.75 Å². The van der Waals surface area contributed by atoms with Crippen molar-refractivity contribution >= 4 is 17.0 Å². The van der Waals surface area contributed by atoms with Crippen molar-refractivity contribution in [2.24, 2.45) is 0 Å². The number of rotatable bonds is 6. The van der Waals surface area contributed by atoms with Crippen LogP contribution in [-0.4, -0.2) is 0 Å². The zero-order valence-corrected chi connectivity index (χ0v) is 12.5. The van der Waals surface area contributed by atoms with Crippen molar-refractivity contribution in [3.8, 4) is 5.75 Å². The summed E-state index contributed by atoms with van der Waals surface area (Å²) in [6, 6.07) is 22.5. The van der Waals surface area contributed by atoms with Crippen molar-refractivity contribution in [1.29, 1.82) is 0 Å². The maximum absolute atomic E-state index is 5.77. The Balaban J connectivity index is 1.52. The van der Waals surface area contributed by atoms with E-state index in [2.05, 4.69) is 35.0 Å². The van der Waals surface area contributed by atoms with Crippen LogP contribution in [0.25, 0.3) is 0 Å². The van der Waals surface area contributed by atoms with Crippen molar-refractivity contribution in [2.45, 2.75) is 13.2 Å². The molecule has 0 aliphatic heterocycles. The third kappa shape index (κ3) is 4.10. The van der Waals surface area contributed by atoms with Gasteiger partial charge in [-0.05, 0) is 41.3 Å². The molecule has 3 heteroatoms. The molecule has 0 amide bonds. The van der Waals surface area contributed by atoms with E-state index >= 15 is 0 Å². The minimum absolute atomic E-state index is 0.600. The van der Waals surface area contributed by atoms with Gasteiger partial charge in [0.05, 0.1) is 0 Å². The van der Waals surface area contributed by atoms with Crippen molar-refractivity contribution in [1.82, 2.24) is 0 Å². The first kappa shape index (κ1) is 13.7. The second-order valence-electron chi connectivity index (χ2n) is 4.73. The lowest BCUT2D eigenvalue weighted by Gasteiger charge is -2.08. The summed E-state index contributed by atoms with van der Waals surface area (Å²) in [7, 11) is 0. The highest BCUT2D eigenvalue weighted by atomic mass is 32.1. The van der Waals surface area contributed by atoms with Gasteiger partial charge in [-0.2, -0.15) is 0 Å². The number of thiophene rings is 1. The molecule has 2 aromatic carbocycles. The molecule has 3 aromatic rings. The SMILES string of the molecule is c1ccc(COc2ccc(NCc3cccs3)cc2)cc1. The van der Waals surface area contributed by atoms with Gasteiger partial charge in [-0.15, -0.1) is 11.3 Å². The largest absolute Gasteiger partial charge is 0.489 e. The first-order chi connectivity index (χ1) is 10.4. The fraction of sp³-hybridized carbons (Fsp3) is 0.111. The zero-order chi connectivity index (χ0) is 14.3. The van der Waals surface area contributed by atoms with Crippen LogP contribution >= 0.6 is 11.3 Å². The molecule has 2 nitrogen and oxygen atoms in total. The molecule has 106 valence electrons. The third-order valence-corrected chi connectivity index (χ3v) is 4.03. The molecule has 0 aliphatic carbocycles. The second-order valence-corrected chi connectivity index (χ2v) is 5.76. The molecule has 0 radical (unpaired) electrons. The number of anilines is 1. The van der Waals surface area contributed by atoms with Crippen LogP contribution < -0.4 is 10.1 Å². The topological polar surface area (TPSA) is 21.3 Å². The number of hydrogen-bond acceptors (Lipinski definition) is 3. The molecular formula is C18H17NOS. The van der Waals surface area contributed by atoms with Crippen LogP contribution in [0, 0.1) is 0 Å². The smallest absolute Gasteiger partial charge is 0.119 e. The molecule has 0 spiro atoms. The van der Waals surface area contributed by atoms with E-state index < -0.39 is 0 Å². The molecule has 21 heavy (non-hydrogen) atoms. The van der Waals surface area contributed by atoms with Gasteiger partial charge in [-0.3, -0.25) is 0 Å². The van der Waals surface area contributed by atoms with Gasteiger partial charge in [0.1, 0.15) is 12.4 Å². The molecule has 0 unspecified atom stereocenters. The van der Waals surface area contributed by atoms with Crippen molar-refractivity contribution in [2.75, 3.05) is 5.32 Å². The quantitative estimate of drug-likeness (QED) is 0.695. The van der Waals surface area contributed by atoms with Gasteiger partial charge in [-0.1, -0.05) is 36.4 Å². The molecule has 0 saturated carbocycles. The van der Waals surface area contributed by atoms with Crippen LogP contribution in [0.15, 0.2) is 72.1 Å². The molecule has 0 atom stereocenters. The fourth-order valence-corrected chi connectivity index (χ4v) is 2.66. The highest BCUT2D eigenvalue weighted by Crippen LogP contribution is 2.18. The van der Waals surface area contributed by atoms with E-state index in [0.717, 1.165) is 18.0 Å². The Labute approximate surface area is 129 Å². The van der Waals surface area contributed by atoms with Crippen molar-refractivity contribution < 1.29 is 4.74 Å². The van der Waals surface area contributed by atoms with E-state index in [1.165, 1.54) is 10.4 Å². The normalized spacial score (nSPS) is 10.3. The average Bonchev–Trinajstić information content (AvgIpc) is 3.06. The Morgan fingerprint density at radius 1 is 0.857 bits per heavy atom. The number of hydrogen-bond donors (Lipinski definition) is 1. The van der Waals surface area contributed by atoms with Gasteiger partial charge >= 0.3 is 0 Å². The Morgan fingerprint density at radius 2 is 1.67 bits per heavy atom. The second kappa shape index (κ2) is 6.95. The summed E-state index contributed by atoms with van der Waals surface area (Å²) < 4.78 is 5.77. The standard InChI is InChI=1S/C18H17NOS/c1-2-5-15(6-3-1)14-20-17-10-8-16(9-11-17)19-13-18-7-4-12-21-18/h1-12,19H,13-14H2. The highest BCUT2D eigenvalue weighted by Gasteiger charge is 1.98. The lowest BCUT2D eigenvalue weighted by atomic mass is 10.2. The van der Waals surface area contributed by atoms with Crippen LogP contribution in [0.4, 0.5) is 5.69 Å². The summed E-state index contributed by atoms with van der Waals surface area (Å²) in [5, 5.41) is 5.50.